The number of allylic oxidation sites excluding steroid dienone is 7. The van der Waals surface area contributed by atoms with E-state index in [1.165, 1.54) is 0 Å². The maximum atomic E-state index is 10.3. The third kappa shape index (κ3) is 16.3. The van der Waals surface area contributed by atoms with Crippen molar-refractivity contribution in [3.8, 4) is 0 Å². The zero-order valence-electron chi connectivity index (χ0n) is 12.9. The van der Waals surface area contributed by atoms with Crippen molar-refractivity contribution in [1.29, 1.82) is 0 Å². The van der Waals surface area contributed by atoms with Gasteiger partial charge < -0.3 is 10.2 Å². The van der Waals surface area contributed by atoms with Crippen LogP contribution in [0.1, 0.15) is 51.9 Å². The first kappa shape index (κ1) is 19.4. The molecule has 0 radical (unpaired) electrons. The van der Waals surface area contributed by atoms with Crippen LogP contribution >= 0.6 is 0 Å². The Bertz CT molecular complexity index is 365. The SMILES string of the molecule is CCC(O)/C=C/C=C/C/C=C/C/C=C\CCCCC(=O)O. The van der Waals surface area contributed by atoms with E-state index in [0.29, 0.717) is 0 Å². The van der Waals surface area contributed by atoms with Gasteiger partial charge in [0.2, 0.25) is 0 Å². The van der Waals surface area contributed by atoms with Gasteiger partial charge in [0.05, 0.1) is 6.10 Å². The summed E-state index contributed by atoms with van der Waals surface area (Å²) in [5.74, 6) is -0.714. The van der Waals surface area contributed by atoms with Crippen molar-refractivity contribution in [3.05, 3.63) is 48.6 Å². The molecule has 1 atom stereocenters. The van der Waals surface area contributed by atoms with Gasteiger partial charge in [-0.15, -0.1) is 0 Å². The van der Waals surface area contributed by atoms with Crippen LogP contribution in [0.15, 0.2) is 48.6 Å². The van der Waals surface area contributed by atoms with Gasteiger partial charge in [-0.1, -0.05) is 55.5 Å². The first-order chi connectivity index (χ1) is 10.2. The lowest BCUT2D eigenvalue weighted by atomic mass is 10.2. The van der Waals surface area contributed by atoms with E-state index in [1.54, 1.807) is 6.08 Å². The highest BCUT2D eigenvalue weighted by atomic mass is 16.4. The van der Waals surface area contributed by atoms with Crippen LogP contribution < -0.4 is 0 Å². The number of aliphatic carboxylic acids is 1. The lowest BCUT2D eigenvalue weighted by molar-refractivity contribution is -0.137. The molecular weight excluding hydrogens is 264 g/mol. The maximum absolute atomic E-state index is 10.3. The van der Waals surface area contributed by atoms with Gasteiger partial charge in [0.1, 0.15) is 0 Å². The minimum atomic E-state index is -0.714. The van der Waals surface area contributed by atoms with Crippen LogP contribution in [0.4, 0.5) is 0 Å². The fourth-order valence-corrected chi connectivity index (χ4v) is 1.59. The molecule has 0 heterocycles. The smallest absolute Gasteiger partial charge is 0.303 e. The van der Waals surface area contributed by atoms with Gasteiger partial charge >= 0.3 is 5.97 Å². The van der Waals surface area contributed by atoms with Crippen LogP contribution in [0.25, 0.3) is 0 Å². The molecule has 0 spiro atoms. The number of unbranched alkanes of at least 4 members (excludes halogenated alkanes) is 2. The average Bonchev–Trinajstić information content (AvgIpc) is 2.46. The van der Waals surface area contributed by atoms with Crippen LogP contribution in [-0.2, 0) is 4.79 Å². The second kappa shape index (κ2) is 14.8. The van der Waals surface area contributed by atoms with Crippen molar-refractivity contribution >= 4 is 5.97 Å². The fourth-order valence-electron chi connectivity index (χ4n) is 1.59. The Labute approximate surface area is 128 Å². The molecule has 0 saturated heterocycles. The number of carboxylic acids is 1. The van der Waals surface area contributed by atoms with E-state index in [2.05, 4.69) is 24.3 Å². The number of carbonyl (C=O) groups is 1. The first-order valence-electron chi connectivity index (χ1n) is 7.70. The topological polar surface area (TPSA) is 57.5 Å². The van der Waals surface area contributed by atoms with Crippen LogP contribution in [0, 0.1) is 0 Å². The van der Waals surface area contributed by atoms with Crippen molar-refractivity contribution in [2.24, 2.45) is 0 Å². The number of aliphatic hydroxyl groups excluding tert-OH is 1. The normalized spacial score (nSPS) is 14.0. The van der Waals surface area contributed by atoms with E-state index in [0.717, 1.165) is 38.5 Å². The molecule has 3 nitrogen and oxygen atoms in total. The zero-order valence-corrected chi connectivity index (χ0v) is 12.9. The Balaban J connectivity index is 3.49. The highest BCUT2D eigenvalue weighted by Gasteiger charge is 1.93. The van der Waals surface area contributed by atoms with E-state index in [-0.39, 0.29) is 12.5 Å². The second-order valence-electron chi connectivity index (χ2n) is 4.84. The largest absolute Gasteiger partial charge is 0.481 e. The van der Waals surface area contributed by atoms with Crippen molar-refractivity contribution in [2.75, 3.05) is 0 Å². The molecule has 0 aliphatic rings. The average molecular weight is 292 g/mol. The Hall–Kier alpha value is -1.61. The predicted octanol–water partition coefficient (Wildman–Crippen LogP) is 4.41. The quantitative estimate of drug-likeness (QED) is 0.318. The molecule has 3 heteroatoms. The van der Waals surface area contributed by atoms with E-state index >= 15 is 0 Å². The minimum Gasteiger partial charge on any atom is -0.481 e. The van der Waals surface area contributed by atoms with Crippen molar-refractivity contribution in [3.63, 3.8) is 0 Å². The Morgan fingerprint density at radius 3 is 2.33 bits per heavy atom. The van der Waals surface area contributed by atoms with Crippen LogP contribution in [0.2, 0.25) is 0 Å². The van der Waals surface area contributed by atoms with E-state index < -0.39 is 5.97 Å². The molecule has 2 N–H and O–H groups in total. The summed E-state index contributed by atoms with van der Waals surface area (Å²) in [4.78, 5) is 10.3. The summed E-state index contributed by atoms with van der Waals surface area (Å²) in [5, 5.41) is 17.8. The molecule has 0 aromatic rings. The van der Waals surface area contributed by atoms with Gasteiger partial charge in [-0.25, -0.2) is 0 Å². The standard InChI is InChI=1S/C18H28O3/c1-2-17(19)15-13-11-9-7-5-3-4-6-8-10-12-14-16-18(20)21/h3,5-6,8-9,11,13,15,17,19H,2,4,7,10,12,14,16H2,1H3,(H,20,21)/b5-3+,8-6-,11-9+,15-13+. The summed E-state index contributed by atoms with van der Waals surface area (Å²) in [6, 6.07) is 0. The Kier molecular flexibility index (Phi) is 13.7. The zero-order chi connectivity index (χ0) is 15.8. The summed E-state index contributed by atoms with van der Waals surface area (Å²) in [5.41, 5.74) is 0. The highest BCUT2D eigenvalue weighted by molar-refractivity contribution is 5.66. The summed E-state index contributed by atoms with van der Waals surface area (Å²) < 4.78 is 0. The molecule has 118 valence electrons. The molecule has 0 fully saturated rings. The Morgan fingerprint density at radius 2 is 1.67 bits per heavy atom. The van der Waals surface area contributed by atoms with E-state index in [9.17, 15) is 9.90 Å². The Morgan fingerprint density at radius 1 is 1.00 bits per heavy atom. The molecule has 0 aromatic carbocycles. The molecule has 21 heavy (non-hydrogen) atoms. The van der Waals surface area contributed by atoms with Crippen molar-refractivity contribution in [2.45, 2.75) is 58.0 Å². The minimum absolute atomic E-state index is 0.268. The second-order valence-corrected chi connectivity index (χ2v) is 4.84. The number of aliphatic hydroxyl groups is 1. The van der Waals surface area contributed by atoms with Gasteiger partial charge in [0, 0.05) is 6.42 Å². The third-order valence-corrected chi connectivity index (χ3v) is 2.89. The van der Waals surface area contributed by atoms with Gasteiger partial charge in [0.15, 0.2) is 0 Å². The summed E-state index contributed by atoms with van der Waals surface area (Å²) in [7, 11) is 0. The molecule has 0 aliphatic heterocycles. The van der Waals surface area contributed by atoms with Gasteiger partial charge in [0.25, 0.3) is 0 Å². The molecule has 0 saturated carbocycles. The number of rotatable bonds is 12. The number of hydrogen-bond acceptors (Lipinski definition) is 2. The molecule has 1 unspecified atom stereocenters. The monoisotopic (exact) mass is 292 g/mol. The highest BCUT2D eigenvalue weighted by Crippen LogP contribution is 2.01. The lowest BCUT2D eigenvalue weighted by Gasteiger charge is -1.96. The van der Waals surface area contributed by atoms with Gasteiger partial charge in [-0.05, 0) is 38.5 Å². The third-order valence-electron chi connectivity index (χ3n) is 2.89. The van der Waals surface area contributed by atoms with Gasteiger partial charge in [-0.2, -0.15) is 0 Å². The van der Waals surface area contributed by atoms with Crippen molar-refractivity contribution < 1.29 is 15.0 Å². The van der Waals surface area contributed by atoms with E-state index in [1.807, 2.05) is 25.2 Å². The first-order valence-corrected chi connectivity index (χ1v) is 7.70. The maximum Gasteiger partial charge on any atom is 0.303 e. The summed E-state index contributed by atoms with van der Waals surface area (Å²) in [6.07, 6.45) is 21.2. The van der Waals surface area contributed by atoms with E-state index in [4.69, 9.17) is 5.11 Å². The summed E-state index contributed by atoms with van der Waals surface area (Å²) >= 11 is 0. The number of carboxylic acid groups (broad SMARTS) is 1. The summed E-state index contributed by atoms with van der Waals surface area (Å²) in [6.45, 7) is 1.95. The molecule has 0 rings (SSSR count). The van der Waals surface area contributed by atoms with Crippen LogP contribution in [0.5, 0.6) is 0 Å². The van der Waals surface area contributed by atoms with Crippen LogP contribution in [-0.4, -0.2) is 22.3 Å². The van der Waals surface area contributed by atoms with Crippen LogP contribution in [0.3, 0.4) is 0 Å². The van der Waals surface area contributed by atoms with Gasteiger partial charge in [-0.3, -0.25) is 4.79 Å². The fraction of sp³-hybridized carbons (Fsp3) is 0.500. The molecule has 0 aromatic heterocycles. The molecule has 0 bridgehead atoms. The number of hydrogen-bond donors (Lipinski definition) is 2. The molecule has 0 amide bonds. The molecule has 0 aliphatic carbocycles. The lowest BCUT2D eigenvalue weighted by Crippen LogP contribution is -1.97. The van der Waals surface area contributed by atoms with Crippen molar-refractivity contribution in [1.82, 2.24) is 0 Å². The predicted molar refractivity (Wildman–Crippen MR) is 88.2 cm³/mol. The molecular formula is C18H28O3.